The Morgan fingerprint density at radius 2 is 2.05 bits per heavy atom. The second-order valence-electron chi connectivity index (χ2n) is 6.28. The van der Waals surface area contributed by atoms with Gasteiger partial charge in [0.05, 0.1) is 6.10 Å². The summed E-state index contributed by atoms with van der Waals surface area (Å²) < 4.78 is 0. The molecule has 1 aromatic carbocycles. The number of urea groups is 1. The molecule has 0 bridgehead atoms. The van der Waals surface area contributed by atoms with Crippen molar-refractivity contribution >= 4 is 17.4 Å². The number of anilines is 2. The summed E-state index contributed by atoms with van der Waals surface area (Å²) in [4.78, 5) is 13.9. The first-order chi connectivity index (χ1) is 9.74. The molecule has 0 aliphatic heterocycles. The lowest BCUT2D eigenvalue weighted by molar-refractivity contribution is 0.0654. The second kappa shape index (κ2) is 7.31. The van der Waals surface area contributed by atoms with Crippen LogP contribution in [-0.2, 0) is 0 Å². The van der Waals surface area contributed by atoms with Crippen LogP contribution < -0.4 is 15.5 Å². The Labute approximate surface area is 127 Å². The summed E-state index contributed by atoms with van der Waals surface area (Å²) in [5.74, 6) is 0. The first-order valence-electron chi connectivity index (χ1n) is 7.28. The highest BCUT2D eigenvalue weighted by molar-refractivity contribution is 5.89. The van der Waals surface area contributed by atoms with Crippen LogP contribution in [0.1, 0.15) is 27.7 Å². The second-order valence-corrected chi connectivity index (χ2v) is 6.28. The highest BCUT2D eigenvalue weighted by atomic mass is 16.3. The van der Waals surface area contributed by atoms with Gasteiger partial charge in [-0.1, -0.05) is 26.8 Å². The summed E-state index contributed by atoms with van der Waals surface area (Å²) in [6, 6.07) is 7.35. The zero-order chi connectivity index (χ0) is 16.0. The predicted molar refractivity (Wildman–Crippen MR) is 87.9 cm³/mol. The zero-order valence-corrected chi connectivity index (χ0v) is 13.6. The molecular weight excluding hydrogens is 266 g/mol. The number of aliphatic hydroxyl groups is 1. The van der Waals surface area contributed by atoms with E-state index in [0.717, 1.165) is 17.9 Å². The predicted octanol–water partition coefficient (Wildman–Crippen LogP) is 2.67. The number of aliphatic hydroxyl groups excluding tert-OH is 1. The van der Waals surface area contributed by atoms with E-state index in [1.807, 2.05) is 52.1 Å². The SMILES string of the molecule is CCN(C)c1cccc(NC(=O)NCC(O)C(C)(C)C)c1. The van der Waals surface area contributed by atoms with E-state index in [0.29, 0.717) is 0 Å². The molecule has 1 atom stereocenters. The van der Waals surface area contributed by atoms with Crippen LogP contribution in [0.25, 0.3) is 0 Å². The van der Waals surface area contributed by atoms with Crippen LogP contribution in [0.4, 0.5) is 16.2 Å². The Bertz CT molecular complexity index is 469. The lowest BCUT2D eigenvalue weighted by atomic mass is 9.89. The number of hydrogen-bond donors (Lipinski definition) is 3. The van der Waals surface area contributed by atoms with Gasteiger partial charge in [-0.15, -0.1) is 0 Å². The molecule has 0 saturated heterocycles. The number of carbonyl (C=O) groups excluding carboxylic acids is 1. The fourth-order valence-electron chi connectivity index (χ4n) is 1.67. The van der Waals surface area contributed by atoms with Crippen LogP contribution in [-0.4, -0.2) is 37.4 Å². The van der Waals surface area contributed by atoms with Crippen molar-refractivity contribution in [2.45, 2.75) is 33.8 Å². The number of carbonyl (C=O) groups is 1. The fourth-order valence-corrected chi connectivity index (χ4v) is 1.67. The summed E-state index contributed by atoms with van der Waals surface area (Å²) in [6.45, 7) is 8.99. The molecule has 5 heteroatoms. The number of nitrogens with one attached hydrogen (secondary N) is 2. The molecule has 0 spiro atoms. The van der Waals surface area contributed by atoms with Crippen LogP contribution in [0, 0.1) is 5.41 Å². The average Bonchev–Trinajstić information content (AvgIpc) is 2.43. The molecule has 1 aromatic rings. The van der Waals surface area contributed by atoms with E-state index < -0.39 is 6.10 Å². The Hall–Kier alpha value is -1.75. The third kappa shape index (κ3) is 5.63. The van der Waals surface area contributed by atoms with Gasteiger partial charge < -0.3 is 20.6 Å². The standard InChI is InChI=1S/C16H27N3O2/c1-6-19(5)13-9-7-8-12(10-13)18-15(21)17-11-14(20)16(2,3)4/h7-10,14,20H,6,11H2,1-5H3,(H2,17,18,21). The molecule has 2 amide bonds. The fraction of sp³-hybridized carbons (Fsp3) is 0.562. The molecule has 0 radical (unpaired) electrons. The van der Waals surface area contributed by atoms with Gasteiger partial charge in [0.2, 0.25) is 0 Å². The normalized spacial score (nSPS) is 12.7. The molecule has 0 aliphatic carbocycles. The Kier molecular flexibility index (Phi) is 6.03. The Balaban J connectivity index is 2.55. The van der Waals surface area contributed by atoms with Crippen LogP contribution in [0.2, 0.25) is 0 Å². The molecule has 3 N–H and O–H groups in total. The van der Waals surface area contributed by atoms with Crippen LogP contribution >= 0.6 is 0 Å². The van der Waals surface area contributed by atoms with Crippen LogP contribution in [0.5, 0.6) is 0 Å². The van der Waals surface area contributed by atoms with E-state index in [-0.39, 0.29) is 18.0 Å². The third-order valence-electron chi connectivity index (χ3n) is 3.47. The monoisotopic (exact) mass is 293 g/mol. The van der Waals surface area contributed by atoms with Gasteiger partial charge in [-0.25, -0.2) is 4.79 Å². The number of rotatable bonds is 5. The molecule has 21 heavy (non-hydrogen) atoms. The van der Waals surface area contributed by atoms with Crippen molar-refractivity contribution < 1.29 is 9.90 Å². The number of hydrogen-bond acceptors (Lipinski definition) is 3. The Morgan fingerprint density at radius 3 is 2.62 bits per heavy atom. The van der Waals surface area contributed by atoms with Gasteiger partial charge in [-0.3, -0.25) is 0 Å². The maximum Gasteiger partial charge on any atom is 0.319 e. The van der Waals surface area contributed by atoms with E-state index in [1.54, 1.807) is 0 Å². The molecule has 5 nitrogen and oxygen atoms in total. The largest absolute Gasteiger partial charge is 0.391 e. The highest BCUT2D eigenvalue weighted by Crippen LogP contribution is 2.19. The molecule has 0 heterocycles. The summed E-state index contributed by atoms with van der Waals surface area (Å²) >= 11 is 0. The maximum atomic E-state index is 11.8. The van der Waals surface area contributed by atoms with Gasteiger partial charge in [-0.2, -0.15) is 0 Å². The minimum Gasteiger partial charge on any atom is -0.391 e. The summed E-state index contributed by atoms with van der Waals surface area (Å²) in [6.07, 6.45) is -0.583. The lowest BCUT2D eigenvalue weighted by Crippen LogP contribution is -2.40. The topological polar surface area (TPSA) is 64.6 Å². The van der Waals surface area contributed by atoms with E-state index in [1.165, 1.54) is 0 Å². The van der Waals surface area contributed by atoms with E-state index in [2.05, 4.69) is 22.5 Å². The van der Waals surface area contributed by atoms with Gasteiger partial charge in [0.15, 0.2) is 0 Å². The van der Waals surface area contributed by atoms with E-state index >= 15 is 0 Å². The minimum atomic E-state index is -0.583. The lowest BCUT2D eigenvalue weighted by Gasteiger charge is -2.26. The van der Waals surface area contributed by atoms with Crippen molar-refractivity contribution in [3.8, 4) is 0 Å². The van der Waals surface area contributed by atoms with E-state index in [9.17, 15) is 9.90 Å². The minimum absolute atomic E-state index is 0.226. The Morgan fingerprint density at radius 1 is 1.38 bits per heavy atom. The van der Waals surface area contributed by atoms with Gasteiger partial charge in [0.25, 0.3) is 0 Å². The zero-order valence-electron chi connectivity index (χ0n) is 13.6. The van der Waals surface area contributed by atoms with Crippen molar-refractivity contribution in [2.75, 3.05) is 30.4 Å². The number of benzene rings is 1. The summed E-state index contributed by atoms with van der Waals surface area (Å²) in [5, 5.41) is 15.4. The molecule has 118 valence electrons. The maximum absolute atomic E-state index is 11.8. The van der Waals surface area contributed by atoms with Gasteiger partial charge >= 0.3 is 6.03 Å². The molecule has 0 aromatic heterocycles. The van der Waals surface area contributed by atoms with Gasteiger partial charge in [-0.05, 0) is 30.5 Å². The van der Waals surface area contributed by atoms with Crippen molar-refractivity contribution in [1.29, 1.82) is 0 Å². The summed E-state index contributed by atoms with van der Waals surface area (Å²) in [5.41, 5.74) is 1.53. The molecule has 0 fully saturated rings. The highest BCUT2D eigenvalue weighted by Gasteiger charge is 2.22. The average molecular weight is 293 g/mol. The first-order valence-corrected chi connectivity index (χ1v) is 7.28. The van der Waals surface area contributed by atoms with Gasteiger partial charge in [0.1, 0.15) is 0 Å². The van der Waals surface area contributed by atoms with Crippen molar-refractivity contribution in [3.63, 3.8) is 0 Å². The third-order valence-corrected chi connectivity index (χ3v) is 3.47. The molecule has 0 saturated carbocycles. The smallest absolute Gasteiger partial charge is 0.319 e. The molecule has 1 rings (SSSR count). The van der Waals surface area contributed by atoms with Crippen molar-refractivity contribution in [1.82, 2.24) is 5.32 Å². The van der Waals surface area contributed by atoms with E-state index in [4.69, 9.17) is 0 Å². The van der Waals surface area contributed by atoms with Crippen molar-refractivity contribution in [3.05, 3.63) is 24.3 Å². The van der Waals surface area contributed by atoms with Crippen LogP contribution in [0.15, 0.2) is 24.3 Å². The molecular formula is C16H27N3O2. The number of nitrogens with zero attached hydrogens (tertiary/aromatic N) is 1. The van der Waals surface area contributed by atoms with Crippen LogP contribution in [0.3, 0.4) is 0 Å². The first kappa shape index (κ1) is 17.3. The van der Waals surface area contributed by atoms with Gasteiger partial charge in [0, 0.05) is 31.5 Å². The van der Waals surface area contributed by atoms with Crippen molar-refractivity contribution in [2.24, 2.45) is 5.41 Å². The number of amides is 2. The molecule has 0 aliphatic rings. The molecule has 1 unspecified atom stereocenters. The quantitative estimate of drug-likeness (QED) is 0.782. The summed E-state index contributed by atoms with van der Waals surface area (Å²) in [7, 11) is 2.00.